The summed E-state index contributed by atoms with van der Waals surface area (Å²) in [6, 6.07) is 5.90. The standard InChI is InChI=1S/C12H18N2O3S2/c1-9(14-18(15)12(2,3)4)10-5-7-11(8-6-10)19(13,16)17/h5-8,14H,1H2,2-4H3,(H2,13,16,17). The van der Waals surface area contributed by atoms with E-state index in [2.05, 4.69) is 11.3 Å². The molecule has 7 heteroatoms. The Morgan fingerprint density at radius 1 is 1.26 bits per heavy atom. The molecule has 0 radical (unpaired) electrons. The third-order valence-corrected chi connectivity index (χ3v) is 4.78. The SMILES string of the molecule is C=C(NS(=O)C(C)(C)C)c1ccc(S(N)(=O)=O)cc1. The molecule has 1 aromatic rings. The maximum atomic E-state index is 11.9. The molecule has 3 N–H and O–H groups in total. The molecule has 1 atom stereocenters. The first-order valence-corrected chi connectivity index (χ1v) is 8.22. The highest BCUT2D eigenvalue weighted by Gasteiger charge is 2.20. The number of hydrogen-bond donors (Lipinski definition) is 2. The highest BCUT2D eigenvalue weighted by atomic mass is 32.2. The predicted molar refractivity (Wildman–Crippen MR) is 77.9 cm³/mol. The normalized spacial score (nSPS) is 13.9. The Hall–Kier alpha value is -1.18. The molecular formula is C12H18N2O3S2. The molecule has 1 aromatic carbocycles. The van der Waals surface area contributed by atoms with Gasteiger partial charge in [0, 0.05) is 5.70 Å². The Labute approximate surface area is 116 Å². The minimum Gasteiger partial charge on any atom is -0.305 e. The summed E-state index contributed by atoms with van der Waals surface area (Å²) in [5.41, 5.74) is 1.12. The average molecular weight is 302 g/mol. The van der Waals surface area contributed by atoms with E-state index in [0.29, 0.717) is 11.3 Å². The van der Waals surface area contributed by atoms with E-state index in [4.69, 9.17) is 5.14 Å². The van der Waals surface area contributed by atoms with Crippen molar-refractivity contribution < 1.29 is 12.6 Å². The van der Waals surface area contributed by atoms with Crippen LogP contribution < -0.4 is 9.86 Å². The monoisotopic (exact) mass is 302 g/mol. The van der Waals surface area contributed by atoms with E-state index in [1.807, 2.05) is 20.8 Å². The summed E-state index contributed by atoms with van der Waals surface area (Å²) in [6.45, 7) is 9.31. The fourth-order valence-corrected chi connectivity index (χ4v) is 2.33. The lowest BCUT2D eigenvalue weighted by Crippen LogP contribution is -2.32. The van der Waals surface area contributed by atoms with Gasteiger partial charge in [0.25, 0.3) is 0 Å². The molecule has 0 amide bonds. The van der Waals surface area contributed by atoms with Crippen LogP contribution in [0.15, 0.2) is 35.7 Å². The molecule has 0 aromatic heterocycles. The number of benzene rings is 1. The summed E-state index contributed by atoms with van der Waals surface area (Å²) in [5.74, 6) is 0. The zero-order valence-corrected chi connectivity index (χ0v) is 12.8. The molecule has 1 rings (SSSR count). The van der Waals surface area contributed by atoms with Crippen LogP contribution in [0.25, 0.3) is 5.70 Å². The fraction of sp³-hybridized carbons (Fsp3) is 0.333. The Morgan fingerprint density at radius 3 is 2.11 bits per heavy atom. The van der Waals surface area contributed by atoms with Crippen molar-refractivity contribution in [1.82, 2.24) is 4.72 Å². The largest absolute Gasteiger partial charge is 0.305 e. The minimum atomic E-state index is -3.70. The number of rotatable bonds is 4. The zero-order valence-electron chi connectivity index (χ0n) is 11.1. The second-order valence-corrected chi connectivity index (χ2v) is 8.56. The molecule has 0 spiro atoms. The average Bonchev–Trinajstić information content (AvgIpc) is 2.26. The van der Waals surface area contributed by atoms with Crippen LogP contribution >= 0.6 is 0 Å². The van der Waals surface area contributed by atoms with Crippen LogP contribution in [0.1, 0.15) is 26.3 Å². The van der Waals surface area contributed by atoms with Crippen molar-refractivity contribution in [3.8, 4) is 0 Å². The summed E-state index contributed by atoms with van der Waals surface area (Å²) in [4.78, 5) is 0.0287. The third kappa shape index (κ3) is 4.45. The highest BCUT2D eigenvalue weighted by molar-refractivity contribution is 7.89. The van der Waals surface area contributed by atoms with Crippen molar-refractivity contribution in [3.63, 3.8) is 0 Å². The smallest absolute Gasteiger partial charge is 0.238 e. The van der Waals surface area contributed by atoms with Gasteiger partial charge < -0.3 is 4.72 Å². The van der Waals surface area contributed by atoms with Crippen LogP contribution in [0.4, 0.5) is 0 Å². The van der Waals surface area contributed by atoms with Gasteiger partial charge in [-0.25, -0.2) is 17.8 Å². The molecule has 0 aliphatic rings. The minimum absolute atomic E-state index is 0.0287. The van der Waals surface area contributed by atoms with E-state index in [-0.39, 0.29) is 4.90 Å². The molecular weight excluding hydrogens is 284 g/mol. The summed E-state index contributed by atoms with van der Waals surface area (Å²) in [6.07, 6.45) is 0. The third-order valence-electron chi connectivity index (χ3n) is 2.30. The summed E-state index contributed by atoms with van der Waals surface area (Å²) in [5, 5.41) is 5.01. The number of nitrogens with one attached hydrogen (secondary N) is 1. The molecule has 1 unspecified atom stereocenters. The van der Waals surface area contributed by atoms with Crippen molar-refractivity contribution in [2.24, 2.45) is 5.14 Å². The molecule has 0 bridgehead atoms. The van der Waals surface area contributed by atoms with Crippen LogP contribution in [0.5, 0.6) is 0 Å². The number of hydrogen-bond acceptors (Lipinski definition) is 3. The Bertz CT molecular complexity index is 599. The van der Waals surface area contributed by atoms with E-state index < -0.39 is 25.8 Å². The lowest BCUT2D eigenvalue weighted by molar-refractivity contribution is 0.598. The van der Waals surface area contributed by atoms with E-state index >= 15 is 0 Å². The van der Waals surface area contributed by atoms with Crippen molar-refractivity contribution in [3.05, 3.63) is 36.4 Å². The van der Waals surface area contributed by atoms with Gasteiger partial charge in [0.2, 0.25) is 10.0 Å². The Kier molecular flexibility index (Phi) is 4.54. The summed E-state index contributed by atoms with van der Waals surface area (Å²) < 4.78 is 36.5. The van der Waals surface area contributed by atoms with Crippen LogP contribution in [-0.4, -0.2) is 17.4 Å². The van der Waals surface area contributed by atoms with Crippen molar-refractivity contribution >= 4 is 26.7 Å². The molecule has 0 aliphatic carbocycles. The van der Waals surface area contributed by atoms with E-state index in [0.717, 1.165) is 0 Å². The molecule has 0 saturated heterocycles. The van der Waals surface area contributed by atoms with Crippen molar-refractivity contribution in [1.29, 1.82) is 0 Å². The summed E-state index contributed by atoms with van der Waals surface area (Å²) in [7, 11) is -4.98. The lowest BCUT2D eigenvalue weighted by atomic mass is 10.2. The highest BCUT2D eigenvalue weighted by Crippen LogP contribution is 2.17. The van der Waals surface area contributed by atoms with Gasteiger partial charge in [-0.3, -0.25) is 0 Å². The molecule has 0 saturated carbocycles. The van der Waals surface area contributed by atoms with Gasteiger partial charge in [0.05, 0.1) is 9.64 Å². The lowest BCUT2D eigenvalue weighted by Gasteiger charge is -2.20. The van der Waals surface area contributed by atoms with Gasteiger partial charge in [-0.1, -0.05) is 18.7 Å². The van der Waals surface area contributed by atoms with Crippen molar-refractivity contribution in [2.45, 2.75) is 30.4 Å². The van der Waals surface area contributed by atoms with Crippen LogP contribution in [0.2, 0.25) is 0 Å². The predicted octanol–water partition coefficient (Wildman–Crippen LogP) is 1.36. The number of nitrogens with two attached hydrogens (primary N) is 1. The van der Waals surface area contributed by atoms with E-state index in [9.17, 15) is 12.6 Å². The number of sulfonamides is 1. The Balaban J connectivity index is 2.88. The second kappa shape index (κ2) is 5.44. The second-order valence-electron chi connectivity index (χ2n) is 5.03. The van der Waals surface area contributed by atoms with Gasteiger partial charge in [0.15, 0.2) is 0 Å². The first-order chi connectivity index (χ1) is 8.51. The zero-order chi connectivity index (χ0) is 14.8. The topological polar surface area (TPSA) is 89.3 Å². The van der Waals surface area contributed by atoms with Gasteiger partial charge >= 0.3 is 0 Å². The first-order valence-electron chi connectivity index (χ1n) is 5.52. The maximum absolute atomic E-state index is 11.9. The Morgan fingerprint density at radius 2 is 1.74 bits per heavy atom. The maximum Gasteiger partial charge on any atom is 0.238 e. The van der Waals surface area contributed by atoms with Crippen molar-refractivity contribution in [2.75, 3.05) is 0 Å². The molecule has 0 fully saturated rings. The van der Waals surface area contributed by atoms with Crippen LogP contribution in [-0.2, 0) is 21.0 Å². The van der Waals surface area contributed by atoms with E-state index in [1.165, 1.54) is 12.1 Å². The fourth-order valence-electron chi connectivity index (χ4n) is 1.17. The van der Waals surface area contributed by atoms with Crippen LogP contribution in [0, 0.1) is 0 Å². The van der Waals surface area contributed by atoms with Gasteiger partial charge in [-0.15, -0.1) is 0 Å². The van der Waals surface area contributed by atoms with Gasteiger partial charge in [-0.2, -0.15) is 0 Å². The van der Waals surface area contributed by atoms with E-state index in [1.54, 1.807) is 12.1 Å². The first kappa shape index (κ1) is 15.9. The van der Waals surface area contributed by atoms with Gasteiger partial charge in [-0.05, 0) is 38.5 Å². The molecule has 19 heavy (non-hydrogen) atoms. The van der Waals surface area contributed by atoms with Gasteiger partial charge in [0.1, 0.15) is 11.0 Å². The number of primary sulfonamides is 1. The molecule has 0 heterocycles. The molecule has 0 aliphatic heterocycles. The van der Waals surface area contributed by atoms with Crippen LogP contribution in [0.3, 0.4) is 0 Å². The molecule has 106 valence electrons. The molecule has 5 nitrogen and oxygen atoms in total. The quantitative estimate of drug-likeness (QED) is 0.880. The summed E-state index contributed by atoms with van der Waals surface area (Å²) >= 11 is 0.